The van der Waals surface area contributed by atoms with Gasteiger partial charge in [0.1, 0.15) is 0 Å². The van der Waals surface area contributed by atoms with Crippen molar-refractivity contribution in [3.05, 3.63) is 29.8 Å². The van der Waals surface area contributed by atoms with Gasteiger partial charge in [0.2, 0.25) is 5.91 Å². The Morgan fingerprint density at radius 2 is 1.67 bits per heavy atom. The summed E-state index contributed by atoms with van der Waals surface area (Å²) in [6, 6.07) is 7.86. The zero-order valence-corrected chi connectivity index (χ0v) is 15.8. The number of urea groups is 1. The third-order valence-electron chi connectivity index (χ3n) is 5.49. The molecule has 0 radical (unpaired) electrons. The second kappa shape index (κ2) is 9.60. The van der Waals surface area contributed by atoms with E-state index in [9.17, 15) is 14.7 Å². The van der Waals surface area contributed by atoms with E-state index < -0.39 is 0 Å². The summed E-state index contributed by atoms with van der Waals surface area (Å²) in [4.78, 5) is 27.9. The lowest BCUT2D eigenvalue weighted by Gasteiger charge is -2.33. The first-order chi connectivity index (χ1) is 13.2. The fourth-order valence-corrected chi connectivity index (χ4v) is 3.68. The molecule has 0 aliphatic carbocycles. The van der Waals surface area contributed by atoms with Crippen molar-refractivity contribution in [3.63, 3.8) is 0 Å². The lowest BCUT2D eigenvalue weighted by atomic mass is 9.97. The number of carbonyl (C=O) groups is 2. The van der Waals surface area contributed by atoms with Gasteiger partial charge in [0.15, 0.2) is 0 Å². The Hall–Kier alpha value is -2.28. The number of amides is 3. The molecule has 3 amide bonds. The minimum atomic E-state index is -0.322. The van der Waals surface area contributed by atoms with Gasteiger partial charge in [-0.05, 0) is 49.3 Å². The first-order valence-electron chi connectivity index (χ1n) is 9.90. The third kappa shape index (κ3) is 5.60. The molecule has 2 aliphatic rings. The molecule has 3 rings (SSSR count). The number of rotatable bonds is 6. The number of hydrogen-bond acceptors (Lipinski definition) is 4. The topological polar surface area (TPSA) is 84.9 Å². The van der Waals surface area contributed by atoms with E-state index in [-0.39, 0.29) is 25.1 Å². The molecular formula is C20H30N4O3. The zero-order chi connectivity index (χ0) is 19.1. The molecule has 2 aliphatic heterocycles. The van der Waals surface area contributed by atoms with E-state index in [0.29, 0.717) is 12.5 Å². The molecular weight excluding hydrogens is 344 g/mol. The van der Waals surface area contributed by atoms with Gasteiger partial charge in [-0.2, -0.15) is 0 Å². The Bertz CT molecular complexity index is 621. The van der Waals surface area contributed by atoms with Gasteiger partial charge in [0, 0.05) is 45.0 Å². The summed E-state index contributed by atoms with van der Waals surface area (Å²) >= 11 is 0. The first kappa shape index (κ1) is 19.5. The smallest absolute Gasteiger partial charge is 0.315 e. The normalized spacial score (nSPS) is 17.8. The minimum Gasteiger partial charge on any atom is -0.396 e. The minimum absolute atomic E-state index is 0.0167. The molecule has 1 aromatic rings. The van der Waals surface area contributed by atoms with Gasteiger partial charge in [-0.1, -0.05) is 12.1 Å². The van der Waals surface area contributed by atoms with Crippen LogP contribution in [0.15, 0.2) is 24.3 Å². The first-order valence-corrected chi connectivity index (χ1v) is 9.90. The van der Waals surface area contributed by atoms with Crippen molar-refractivity contribution in [3.8, 4) is 0 Å². The summed E-state index contributed by atoms with van der Waals surface area (Å²) in [7, 11) is 0. The Morgan fingerprint density at radius 1 is 1.00 bits per heavy atom. The number of nitrogens with zero attached hydrogens (tertiary/aromatic N) is 2. The van der Waals surface area contributed by atoms with Crippen LogP contribution in [0.25, 0.3) is 0 Å². The average molecular weight is 374 g/mol. The number of benzene rings is 1. The van der Waals surface area contributed by atoms with Crippen LogP contribution in [0.5, 0.6) is 0 Å². The molecule has 7 nitrogen and oxygen atoms in total. The fraction of sp³-hybridized carbons (Fsp3) is 0.600. The highest BCUT2D eigenvalue weighted by atomic mass is 16.3. The molecule has 0 unspecified atom stereocenters. The molecule has 0 spiro atoms. The summed E-state index contributed by atoms with van der Waals surface area (Å²) in [6.45, 7) is 4.29. The highest BCUT2D eigenvalue weighted by Crippen LogP contribution is 2.23. The molecule has 148 valence electrons. The van der Waals surface area contributed by atoms with Crippen molar-refractivity contribution in [2.45, 2.75) is 32.2 Å². The second-order valence-corrected chi connectivity index (χ2v) is 7.40. The predicted molar refractivity (Wildman–Crippen MR) is 105 cm³/mol. The van der Waals surface area contributed by atoms with Crippen molar-refractivity contribution in [2.24, 2.45) is 5.92 Å². The van der Waals surface area contributed by atoms with Gasteiger partial charge in [-0.3, -0.25) is 4.79 Å². The van der Waals surface area contributed by atoms with Crippen LogP contribution in [0.4, 0.5) is 10.5 Å². The maximum atomic E-state index is 11.9. The van der Waals surface area contributed by atoms with Crippen LogP contribution in [0, 0.1) is 5.92 Å². The van der Waals surface area contributed by atoms with Crippen LogP contribution in [0.1, 0.15) is 31.2 Å². The third-order valence-corrected chi connectivity index (χ3v) is 5.49. The van der Waals surface area contributed by atoms with Gasteiger partial charge in [-0.15, -0.1) is 0 Å². The van der Waals surface area contributed by atoms with E-state index in [0.717, 1.165) is 57.4 Å². The van der Waals surface area contributed by atoms with Crippen LogP contribution in [0.2, 0.25) is 0 Å². The van der Waals surface area contributed by atoms with Crippen LogP contribution in [-0.2, 0) is 11.3 Å². The summed E-state index contributed by atoms with van der Waals surface area (Å²) in [5, 5.41) is 14.7. The molecule has 0 bridgehead atoms. The molecule has 0 saturated carbocycles. The monoisotopic (exact) mass is 374 g/mol. The van der Waals surface area contributed by atoms with E-state index in [1.807, 2.05) is 12.1 Å². The highest BCUT2D eigenvalue weighted by molar-refractivity contribution is 5.84. The van der Waals surface area contributed by atoms with Crippen LogP contribution in [-0.4, -0.2) is 61.3 Å². The van der Waals surface area contributed by atoms with Crippen molar-refractivity contribution < 1.29 is 14.7 Å². The molecule has 2 fully saturated rings. The predicted octanol–water partition coefficient (Wildman–Crippen LogP) is 1.32. The van der Waals surface area contributed by atoms with Crippen molar-refractivity contribution >= 4 is 17.6 Å². The Kier molecular flexibility index (Phi) is 6.92. The molecule has 2 saturated heterocycles. The number of anilines is 1. The quantitative estimate of drug-likeness (QED) is 0.701. The van der Waals surface area contributed by atoms with Gasteiger partial charge in [0.05, 0.1) is 6.54 Å². The molecule has 1 aromatic carbocycles. The number of piperidine rings is 1. The largest absolute Gasteiger partial charge is 0.396 e. The summed E-state index contributed by atoms with van der Waals surface area (Å²) in [5.41, 5.74) is 2.20. The van der Waals surface area contributed by atoms with Crippen molar-refractivity contribution in [1.29, 1.82) is 0 Å². The van der Waals surface area contributed by atoms with Gasteiger partial charge >= 0.3 is 6.03 Å². The van der Waals surface area contributed by atoms with Crippen LogP contribution >= 0.6 is 0 Å². The number of nitrogens with one attached hydrogen (secondary N) is 2. The van der Waals surface area contributed by atoms with E-state index in [2.05, 4.69) is 27.7 Å². The maximum absolute atomic E-state index is 11.9. The number of hydrogen-bond donors (Lipinski definition) is 3. The van der Waals surface area contributed by atoms with Crippen LogP contribution in [0.3, 0.4) is 0 Å². The van der Waals surface area contributed by atoms with E-state index in [1.54, 1.807) is 4.90 Å². The lowest BCUT2D eigenvalue weighted by molar-refractivity contribution is -0.128. The average Bonchev–Trinajstić information content (AvgIpc) is 3.26. The van der Waals surface area contributed by atoms with Crippen molar-refractivity contribution in [2.75, 3.05) is 44.2 Å². The number of likely N-dealkylation sites (tertiary alicyclic amines) is 1. The lowest BCUT2D eigenvalue weighted by Crippen LogP contribution is -2.42. The summed E-state index contributed by atoms with van der Waals surface area (Å²) in [5.74, 6) is 0.414. The zero-order valence-electron chi connectivity index (χ0n) is 15.8. The van der Waals surface area contributed by atoms with E-state index in [1.165, 1.54) is 5.69 Å². The molecule has 0 atom stereocenters. The molecule has 27 heavy (non-hydrogen) atoms. The highest BCUT2D eigenvalue weighted by Gasteiger charge is 2.19. The summed E-state index contributed by atoms with van der Waals surface area (Å²) < 4.78 is 0. The Morgan fingerprint density at radius 3 is 2.30 bits per heavy atom. The Labute approximate surface area is 160 Å². The SMILES string of the molecule is O=C(NCC(=O)N1CCCC1)NCc1ccc(N2CCC(CO)CC2)cc1. The van der Waals surface area contributed by atoms with E-state index >= 15 is 0 Å². The standard InChI is InChI=1S/C20H30N4O3/c25-15-17-7-11-23(12-8-17)18-5-3-16(4-6-18)13-21-20(27)22-14-19(26)24-9-1-2-10-24/h3-6,17,25H,1-2,7-15H2,(H2,21,22,27). The second-order valence-electron chi connectivity index (χ2n) is 7.40. The number of aliphatic hydroxyl groups is 1. The van der Waals surface area contributed by atoms with Gasteiger partial charge < -0.3 is 25.5 Å². The number of carbonyl (C=O) groups excluding carboxylic acids is 2. The van der Waals surface area contributed by atoms with Gasteiger partial charge in [-0.25, -0.2) is 4.79 Å². The molecule has 2 heterocycles. The Balaban J connectivity index is 1.38. The number of aliphatic hydroxyl groups excluding tert-OH is 1. The molecule has 3 N–H and O–H groups in total. The van der Waals surface area contributed by atoms with Gasteiger partial charge in [0.25, 0.3) is 0 Å². The van der Waals surface area contributed by atoms with Crippen molar-refractivity contribution in [1.82, 2.24) is 15.5 Å². The van der Waals surface area contributed by atoms with Crippen LogP contribution < -0.4 is 15.5 Å². The maximum Gasteiger partial charge on any atom is 0.315 e. The summed E-state index contributed by atoms with van der Waals surface area (Å²) in [6.07, 6.45) is 4.15. The molecule has 0 aromatic heterocycles. The van der Waals surface area contributed by atoms with E-state index in [4.69, 9.17) is 0 Å². The fourth-order valence-electron chi connectivity index (χ4n) is 3.68. The molecule has 7 heteroatoms.